The zero-order chi connectivity index (χ0) is 16.5. The normalized spacial score (nSPS) is 10.3. The Morgan fingerprint density at radius 2 is 1.83 bits per heavy atom. The fourth-order valence-corrected chi connectivity index (χ4v) is 2.00. The second-order valence-corrected chi connectivity index (χ2v) is 5.24. The first-order valence-corrected chi connectivity index (χ1v) is 7.77. The SMILES string of the molecule is CCCCCNc1ncc(C(=O)NCc2ccc(F)cc2)cn1. The van der Waals surface area contributed by atoms with E-state index in [0.717, 1.165) is 31.4 Å². The van der Waals surface area contributed by atoms with Crippen LogP contribution in [-0.4, -0.2) is 22.4 Å². The van der Waals surface area contributed by atoms with Gasteiger partial charge in [-0.1, -0.05) is 31.9 Å². The van der Waals surface area contributed by atoms with Crippen LogP contribution in [0.25, 0.3) is 0 Å². The van der Waals surface area contributed by atoms with Crippen molar-refractivity contribution in [1.29, 1.82) is 0 Å². The molecule has 0 unspecified atom stereocenters. The number of halogens is 1. The number of hydrogen-bond acceptors (Lipinski definition) is 4. The smallest absolute Gasteiger partial charge is 0.254 e. The van der Waals surface area contributed by atoms with Gasteiger partial charge in [0.2, 0.25) is 5.95 Å². The molecule has 0 atom stereocenters. The number of carbonyl (C=O) groups is 1. The lowest BCUT2D eigenvalue weighted by atomic mass is 10.2. The summed E-state index contributed by atoms with van der Waals surface area (Å²) in [5, 5.41) is 5.87. The Kier molecular flexibility index (Phi) is 6.47. The van der Waals surface area contributed by atoms with Gasteiger partial charge in [-0.05, 0) is 24.1 Å². The van der Waals surface area contributed by atoms with E-state index in [1.807, 2.05) is 0 Å². The quantitative estimate of drug-likeness (QED) is 0.734. The second kappa shape index (κ2) is 8.82. The molecule has 0 radical (unpaired) electrons. The predicted molar refractivity (Wildman–Crippen MR) is 87.6 cm³/mol. The summed E-state index contributed by atoms with van der Waals surface area (Å²) >= 11 is 0. The summed E-state index contributed by atoms with van der Waals surface area (Å²) in [7, 11) is 0. The van der Waals surface area contributed by atoms with Gasteiger partial charge in [0.15, 0.2) is 0 Å². The molecule has 6 heteroatoms. The number of rotatable bonds is 8. The van der Waals surface area contributed by atoms with E-state index in [-0.39, 0.29) is 11.7 Å². The summed E-state index contributed by atoms with van der Waals surface area (Å²) < 4.78 is 12.8. The molecule has 0 saturated heterocycles. The molecule has 2 N–H and O–H groups in total. The molecule has 122 valence electrons. The first-order valence-electron chi connectivity index (χ1n) is 7.77. The first-order chi connectivity index (χ1) is 11.2. The number of aromatic nitrogens is 2. The number of hydrogen-bond donors (Lipinski definition) is 2. The van der Waals surface area contributed by atoms with E-state index >= 15 is 0 Å². The van der Waals surface area contributed by atoms with Gasteiger partial charge in [-0.3, -0.25) is 4.79 Å². The van der Waals surface area contributed by atoms with Gasteiger partial charge < -0.3 is 10.6 Å². The highest BCUT2D eigenvalue weighted by atomic mass is 19.1. The lowest BCUT2D eigenvalue weighted by Crippen LogP contribution is -2.23. The third-order valence-electron chi connectivity index (χ3n) is 3.34. The molecule has 5 nitrogen and oxygen atoms in total. The van der Waals surface area contributed by atoms with E-state index < -0.39 is 0 Å². The van der Waals surface area contributed by atoms with E-state index in [9.17, 15) is 9.18 Å². The predicted octanol–water partition coefficient (Wildman–Crippen LogP) is 3.15. The van der Waals surface area contributed by atoms with Gasteiger partial charge >= 0.3 is 0 Å². The van der Waals surface area contributed by atoms with Crippen LogP contribution in [0.1, 0.15) is 42.1 Å². The fourth-order valence-electron chi connectivity index (χ4n) is 2.00. The molecular weight excluding hydrogens is 295 g/mol. The maximum atomic E-state index is 12.8. The highest BCUT2D eigenvalue weighted by Gasteiger charge is 2.07. The molecule has 0 aliphatic heterocycles. The Balaban J connectivity index is 1.81. The molecule has 0 spiro atoms. The molecule has 2 rings (SSSR count). The minimum Gasteiger partial charge on any atom is -0.354 e. The minimum absolute atomic E-state index is 0.258. The summed E-state index contributed by atoms with van der Waals surface area (Å²) in [6.07, 6.45) is 6.39. The van der Waals surface area contributed by atoms with Gasteiger partial charge in [-0.2, -0.15) is 0 Å². The van der Waals surface area contributed by atoms with E-state index in [1.54, 1.807) is 12.1 Å². The topological polar surface area (TPSA) is 66.9 Å². The molecule has 0 aliphatic rings. The van der Waals surface area contributed by atoms with Crippen molar-refractivity contribution >= 4 is 11.9 Å². The van der Waals surface area contributed by atoms with Gasteiger partial charge in [0.1, 0.15) is 5.82 Å². The Bertz CT molecular complexity index is 613. The molecule has 0 bridgehead atoms. The number of benzene rings is 1. The van der Waals surface area contributed by atoms with Crippen molar-refractivity contribution in [2.24, 2.45) is 0 Å². The van der Waals surface area contributed by atoms with Gasteiger partial charge in [0, 0.05) is 25.5 Å². The van der Waals surface area contributed by atoms with Crippen LogP contribution in [0.15, 0.2) is 36.7 Å². The summed E-state index contributed by atoms with van der Waals surface area (Å²) in [5.41, 5.74) is 1.22. The van der Waals surface area contributed by atoms with Crippen molar-refractivity contribution in [3.63, 3.8) is 0 Å². The molecule has 23 heavy (non-hydrogen) atoms. The lowest BCUT2D eigenvalue weighted by molar-refractivity contribution is 0.0950. The zero-order valence-corrected chi connectivity index (χ0v) is 13.2. The number of carbonyl (C=O) groups excluding carboxylic acids is 1. The maximum absolute atomic E-state index is 12.8. The number of unbranched alkanes of at least 4 members (excludes halogenated alkanes) is 2. The molecule has 1 heterocycles. The van der Waals surface area contributed by atoms with Crippen LogP contribution >= 0.6 is 0 Å². The number of anilines is 1. The van der Waals surface area contributed by atoms with Crippen molar-refractivity contribution in [3.8, 4) is 0 Å². The van der Waals surface area contributed by atoms with Crippen LogP contribution in [0.2, 0.25) is 0 Å². The summed E-state index contributed by atoms with van der Waals surface area (Å²) in [6, 6.07) is 6.00. The lowest BCUT2D eigenvalue weighted by Gasteiger charge is -2.07. The molecule has 1 aromatic heterocycles. The number of nitrogens with zero attached hydrogens (tertiary/aromatic N) is 2. The van der Waals surface area contributed by atoms with Crippen molar-refractivity contribution in [1.82, 2.24) is 15.3 Å². The van der Waals surface area contributed by atoms with Gasteiger partial charge in [0.25, 0.3) is 5.91 Å². The molecule has 2 aromatic rings. The van der Waals surface area contributed by atoms with Crippen molar-refractivity contribution in [2.45, 2.75) is 32.7 Å². The molecule has 0 aliphatic carbocycles. The third-order valence-corrected chi connectivity index (χ3v) is 3.34. The highest BCUT2D eigenvalue weighted by molar-refractivity contribution is 5.93. The Hall–Kier alpha value is -2.50. The summed E-state index contributed by atoms with van der Waals surface area (Å²) in [5.74, 6) is -0.0291. The van der Waals surface area contributed by atoms with Crippen LogP contribution in [-0.2, 0) is 6.54 Å². The van der Waals surface area contributed by atoms with Crippen LogP contribution < -0.4 is 10.6 Å². The van der Waals surface area contributed by atoms with Crippen molar-refractivity contribution in [3.05, 3.63) is 53.6 Å². The minimum atomic E-state index is -0.296. The van der Waals surface area contributed by atoms with E-state index in [0.29, 0.717) is 18.1 Å². The fraction of sp³-hybridized carbons (Fsp3) is 0.353. The molecule has 1 aromatic carbocycles. The largest absolute Gasteiger partial charge is 0.354 e. The van der Waals surface area contributed by atoms with Crippen LogP contribution in [0.5, 0.6) is 0 Å². The first kappa shape index (κ1) is 16.9. The van der Waals surface area contributed by atoms with Crippen LogP contribution in [0.3, 0.4) is 0 Å². The third kappa shape index (κ3) is 5.65. The van der Waals surface area contributed by atoms with Gasteiger partial charge in [-0.25, -0.2) is 14.4 Å². The summed E-state index contributed by atoms with van der Waals surface area (Å²) in [6.45, 7) is 3.30. The second-order valence-electron chi connectivity index (χ2n) is 5.24. The Morgan fingerprint density at radius 1 is 1.13 bits per heavy atom. The van der Waals surface area contributed by atoms with Gasteiger partial charge in [0.05, 0.1) is 5.56 Å². The van der Waals surface area contributed by atoms with E-state index in [4.69, 9.17) is 0 Å². The number of nitrogens with one attached hydrogen (secondary N) is 2. The Labute approximate surface area is 135 Å². The van der Waals surface area contributed by atoms with Crippen LogP contribution in [0, 0.1) is 5.82 Å². The molecular formula is C17H21FN4O. The van der Waals surface area contributed by atoms with Crippen LogP contribution in [0.4, 0.5) is 10.3 Å². The standard InChI is InChI=1S/C17H21FN4O/c1-2-3-4-9-19-17-21-11-14(12-22-17)16(23)20-10-13-5-7-15(18)8-6-13/h5-8,11-12H,2-4,9-10H2,1H3,(H,20,23)(H,19,21,22). The Morgan fingerprint density at radius 3 is 2.48 bits per heavy atom. The average molecular weight is 316 g/mol. The van der Waals surface area contributed by atoms with Crippen molar-refractivity contribution in [2.75, 3.05) is 11.9 Å². The molecule has 0 fully saturated rings. The average Bonchev–Trinajstić information content (AvgIpc) is 2.58. The molecule has 0 saturated carbocycles. The summed E-state index contributed by atoms with van der Waals surface area (Å²) in [4.78, 5) is 20.3. The zero-order valence-electron chi connectivity index (χ0n) is 13.2. The highest BCUT2D eigenvalue weighted by Crippen LogP contribution is 2.04. The maximum Gasteiger partial charge on any atom is 0.254 e. The van der Waals surface area contributed by atoms with Crippen molar-refractivity contribution < 1.29 is 9.18 Å². The van der Waals surface area contributed by atoms with E-state index in [1.165, 1.54) is 24.5 Å². The monoisotopic (exact) mass is 316 g/mol. The molecule has 1 amide bonds. The van der Waals surface area contributed by atoms with E-state index in [2.05, 4.69) is 27.5 Å². The number of amides is 1. The van der Waals surface area contributed by atoms with Gasteiger partial charge in [-0.15, -0.1) is 0 Å².